The molecule has 1 atom stereocenters. The lowest BCUT2D eigenvalue weighted by Gasteiger charge is -2.11. The van der Waals surface area contributed by atoms with E-state index in [1.165, 1.54) is 0 Å². The first-order chi connectivity index (χ1) is 8.22. The summed E-state index contributed by atoms with van der Waals surface area (Å²) in [7, 11) is 1.60. The lowest BCUT2D eigenvalue weighted by Crippen LogP contribution is -2.02. The van der Waals surface area contributed by atoms with Crippen molar-refractivity contribution in [1.82, 2.24) is 9.97 Å². The molecule has 0 spiro atoms. The molecule has 2 rings (SSSR count). The van der Waals surface area contributed by atoms with Gasteiger partial charge in [-0.15, -0.1) is 0 Å². The van der Waals surface area contributed by atoms with E-state index in [1.54, 1.807) is 43.9 Å². The maximum atomic E-state index is 10.1. The smallest absolute Gasteiger partial charge is 0.133 e. The number of aromatic nitrogens is 2. The molecule has 2 aromatic rings. The van der Waals surface area contributed by atoms with Gasteiger partial charge in [0.05, 0.1) is 23.5 Å². The van der Waals surface area contributed by atoms with E-state index in [0.29, 0.717) is 5.69 Å². The summed E-state index contributed by atoms with van der Waals surface area (Å²) in [5.74, 6) is 0.722. The van der Waals surface area contributed by atoms with Crippen molar-refractivity contribution < 1.29 is 9.84 Å². The third-order valence-electron chi connectivity index (χ3n) is 2.35. The van der Waals surface area contributed by atoms with Crippen LogP contribution in [0.1, 0.15) is 17.4 Å². The third kappa shape index (κ3) is 2.62. The minimum absolute atomic E-state index is 0.518. The van der Waals surface area contributed by atoms with Crippen molar-refractivity contribution in [3.05, 3.63) is 52.5 Å². The number of methoxy groups -OCH3 is 1. The second-order valence-corrected chi connectivity index (χ2v) is 4.28. The predicted molar refractivity (Wildman–Crippen MR) is 66.8 cm³/mol. The van der Waals surface area contributed by atoms with Crippen LogP contribution in [-0.4, -0.2) is 22.2 Å². The fraction of sp³-hybridized carbons (Fsp3) is 0.167. The number of halogens is 1. The topological polar surface area (TPSA) is 55.2 Å². The van der Waals surface area contributed by atoms with Gasteiger partial charge in [0.1, 0.15) is 11.9 Å². The van der Waals surface area contributed by atoms with Crippen LogP contribution < -0.4 is 4.74 Å². The Bertz CT molecular complexity index is 505. The van der Waals surface area contributed by atoms with E-state index in [4.69, 9.17) is 4.74 Å². The number of hydrogen-bond donors (Lipinski definition) is 1. The zero-order chi connectivity index (χ0) is 12.3. The summed E-state index contributed by atoms with van der Waals surface area (Å²) in [6, 6.07) is 5.39. The molecule has 5 heteroatoms. The van der Waals surface area contributed by atoms with Gasteiger partial charge in [0.25, 0.3) is 0 Å². The van der Waals surface area contributed by atoms with Crippen LogP contribution in [-0.2, 0) is 0 Å². The largest absolute Gasteiger partial charge is 0.496 e. The maximum Gasteiger partial charge on any atom is 0.133 e. The van der Waals surface area contributed by atoms with Gasteiger partial charge < -0.3 is 9.84 Å². The van der Waals surface area contributed by atoms with Gasteiger partial charge in [0, 0.05) is 12.4 Å². The highest BCUT2D eigenvalue weighted by Gasteiger charge is 2.13. The van der Waals surface area contributed by atoms with Gasteiger partial charge in [-0.2, -0.15) is 0 Å². The minimum atomic E-state index is -0.786. The normalized spacial score (nSPS) is 12.2. The molecule has 1 aromatic carbocycles. The van der Waals surface area contributed by atoms with E-state index >= 15 is 0 Å². The molecular formula is C12H11BrN2O2. The van der Waals surface area contributed by atoms with Gasteiger partial charge in [-0.25, -0.2) is 0 Å². The highest BCUT2D eigenvalue weighted by atomic mass is 79.9. The molecule has 0 fully saturated rings. The van der Waals surface area contributed by atoms with E-state index in [9.17, 15) is 5.11 Å². The van der Waals surface area contributed by atoms with Gasteiger partial charge in [-0.05, 0) is 33.6 Å². The SMILES string of the molecule is COc1ccc(C(O)c2cnccn2)cc1Br. The molecule has 1 heterocycles. The first-order valence-corrected chi connectivity index (χ1v) is 5.79. The third-order valence-corrected chi connectivity index (χ3v) is 2.97. The Morgan fingerprint density at radius 2 is 2.18 bits per heavy atom. The average Bonchev–Trinajstić information content (AvgIpc) is 2.39. The molecule has 0 saturated heterocycles. The quantitative estimate of drug-likeness (QED) is 0.944. The Labute approximate surface area is 107 Å². The minimum Gasteiger partial charge on any atom is -0.496 e. The van der Waals surface area contributed by atoms with Crippen LogP contribution in [0.25, 0.3) is 0 Å². The van der Waals surface area contributed by atoms with Crippen molar-refractivity contribution in [3.8, 4) is 5.75 Å². The molecule has 0 aliphatic carbocycles. The highest BCUT2D eigenvalue weighted by molar-refractivity contribution is 9.10. The Hall–Kier alpha value is -1.46. The van der Waals surface area contributed by atoms with Crippen LogP contribution in [0, 0.1) is 0 Å². The molecule has 0 aliphatic rings. The molecule has 0 aliphatic heterocycles. The Morgan fingerprint density at radius 3 is 2.76 bits per heavy atom. The lowest BCUT2D eigenvalue weighted by atomic mass is 10.1. The van der Waals surface area contributed by atoms with Gasteiger partial charge in [-0.1, -0.05) is 6.07 Å². The second-order valence-electron chi connectivity index (χ2n) is 3.43. The molecule has 4 nitrogen and oxygen atoms in total. The van der Waals surface area contributed by atoms with E-state index < -0.39 is 6.10 Å². The average molecular weight is 295 g/mol. The summed E-state index contributed by atoms with van der Waals surface area (Å²) in [6.07, 6.45) is 3.88. The summed E-state index contributed by atoms with van der Waals surface area (Å²) >= 11 is 3.38. The molecule has 1 N–H and O–H groups in total. The van der Waals surface area contributed by atoms with Crippen molar-refractivity contribution in [1.29, 1.82) is 0 Å². The lowest BCUT2D eigenvalue weighted by molar-refractivity contribution is 0.214. The van der Waals surface area contributed by atoms with E-state index in [0.717, 1.165) is 15.8 Å². The molecule has 0 radical (unpaired) electrons. The molecule has 0 saturated carbocycles. The van der Waals surface area contributed by atoms with Gasteiger partial charge in [0.2, 0.25) is 0 Å². The van der Waals surface area contributed by atoms with E-state index in [-0.39, 0.29) is 0 Å². The van der Waals surface area contributed by atoms with E-state index in [1.807, 2.05) is 0 Å². The number of hydrogen-bond acceptors (Lipinski definition) is 4. The zero-order valence-corrected chi connectivity index (χ0v) is 10.8. The Kier molecular flexibility index (Phi) is 3.71. The van der Waals surface area contributed by atoms with Crippen LogP contribution in [0.3, 0.4) is 0 Å². The van der Waals surface area contributed by atoms with Crippen molar-refractivity contribution in [2.45, 2.75) is 6.10 Å². The fourth-order valence-corrected chi connectivity index (χ4v) is 2.03. The first-order valence-electron chi connectivity index (χ1n) is 5.00. The molecule has 88 valence electrons. The number of benzene rings is 1. The Morgan fingerprint density at radius 1 is 1.35 bits per heavy atom. The number of aliphatic hydroxyl groups excluding tert-OH is 1. The van der Waals surface area contributed by atoms with Crippen LogP contribution in [0.5, 0.6) is 5.75 Å². The van der Waals surface area contributed by atoms with Crippen LogP contribution in [0.4, 0.5) is 0 Å². The fourth-order valence-electron chi connectivity index (χ4n) is 1.48. The van der Waals surface area contributed by atoms with E-state index in [2.05, 4.69) is 25.9 Å². The zero-order valence-electron chi connectivity index (χ0n) is 9.17. The monoisotopic (exact) mass is 294 g/mol. The summed E-state index contributed by atoms with van der Waals surface area (Å²) in [5, 5.41) is 10.1. The number of aliphatic hydroxyl groups is 1. The number of nitrogens with zero attached hydrogens (tertiary/aromatic N) is 2. The predicted octanol–water partition coefficient (Wildman–Crippen LogP) is 2.33. The molecule has 1 unspecified atom stereocenters. The van der Waals surface area contributed by atoms with Crippen molar-refractivity contribution >= 4 is 15.9 Å². The molecule has 0 bridgehead atoms. The molecule has 17 heavy (non-hydrogen) atoms. The summed E-state index contributed by atoms with van der Waals surface area (Å²) in [4.78, 5) is 8.00. The van der Waals surface area contributed by atoms with Crippen molar-refractivity contribution in [3.63, 3.8) is 0 Å². The first kappa shape index (κ1) is 12.0. The second kappa shape index (κ2) is 5.25. The van der Waals surface area contributed by atoms with Gasteiger partial charge in [0.15, 0.2) is 0 Å². The summed E-state index contributed by atoms with van der Waals surface area (Å²) in [6.45, 7) is 0. The number of rotatable bonds is 3. The highest BCUT2D eigenvalue weighted by Crippen LogP contribution is 2.29. The van der Waals surface area contributed by atoms with Crippen molar-refractivity contribution in [2.24, 2.45) is 0 Å². The van der Waals surface area contributed by atoms with Crippen molar-refractivity contribution in [2.75, 3.05) is 7.11 Å². The standard InChI is InChI=1S/C12H11BrN2O2/c1-17-11-3-2-8(6-9(11)13)12(16)10-7-14-4-5-15-10/h2-7,12,16H,1H3. The Balaban J connectivity index is 2.32. The summed E-state index contributed by atoms with van der Waals surface area (Å²) in [5.41, 5.74) is 1.25. The molecule has 1 aromatic heterocycles. The number of ether oxygens (including phenoxy) is 1. The summed E-state index contributed by atoms with van der Waals surface area (Å²) < 4.78 is 5.92. The van der Waals surface area contributed by atoms with Gasteiger partial charge >= 0.3 is 0 Å². The molecule has 0 amide bonds. The van der Waals surface area contributed by atoms with Crippen LogP contribution in [0.2, 0.25) is 0 Å². The van der Waals surface area contributed by atoms with Gasteiger partial charge in [-0.3, -0.25) is 9.97 Å². The van der Waals surface area contributed by atoms with Crippen LogP contribution in [0.15, 0.2) is 41.3 Å². The molecular weight excluding hydrogens is 284 g/mol. The van der Waals surface area contributed by atoms with Crippen LogP contribution >= 0.6 is 15.9 Å². The maximum absolute atomic E-state index is 10.1.